The van der Waals surface area contributed by atoms with Gasteiger partial charge in [-0.05, 0) is 12.8 Å². The molecule has 21 heavy (non-hydrogen) atoms. The molecule has 2 aromatic heterocycles. The minimum atomic E-state index is -3.81. The number of carbonyl (C=O) groups is 1. The number of imidazole rings is 1. The fourth-order valence-electron chi connectivity index (χ4n) is 1.87. The van der Waals surface area contributed by atoms with Crippen molar-refractivity contribution in [1.82, 2.24) is 19.4 Å². The molecular formula is C11H13ClN4O3S2. The van der Waals surface area contributed by atoms with Gasteiger partial charge in [-0.2, -0.15) is 0 Å². The third-order valence-electron chi connectivity index (χ3n) is 3.02. The van der Waals surface area contributed by atoms with Crippen LogP contribution in [-0.4, -0.2) is 36.3 Å². The third kappa shape index (κ3) is 3.20. The van der Waals surface area contributed by atoms with Gasteiger partial charge in [0.05, 0.1) is 0 Å². The van der Waals surface area contributed by atoms with E-state index in [9.17, 15) is 13.2 Å². The monoisotopic (exact) mass is 348 g/mol. The van der Waals surface area contributed by atoms with Gasteiger partial charge in [-0.1, -0.05) is 11.6 Å². The highest BCUT2D eigenvalue weighted by Crippen LogP contribution is 2.25. The predicted molar refractivity (Wildman–Crippen MR) is 79.0 cm³/mol. The van der Waals surface area contributed by atoms with Gasteiger partial charge in [0, 0.05) is 30.6 Å². The molecule has 2 N–H and O–H groups in total. The summed E-state index contributed by atoms with van der Waals surface area (Å²) in [4.78, 5) is 16.0. The van der Waals surface area contributed by atoms with E-state index in [-0.39, 0.29) is 35.1 Å². The molecule has 114 valence electrons. The first kappa shape index (κ1) is 14.8. The summed E-state index contributed by atoms with van der Waals surface area (Å²) in [6.07, 6.45) is 3.68. The molecule has 0 spiro atoms. The zero-order valence-electron chi connectivity index (χ0n) is 10.9. The molecule has 7 nitrogen and oxygen atoms in total. The van der Waals surface area contributed by atoms with Crippen LogP contribution < -0.4 is 10.0 Å². The molecule has 1 aliphatic rings. The normalized spacial score (nSPS) is 15.5. The van der Waals surface area contributed by atoms with Crippen molar-refractivity contribution >= 4 is 43.8 Å². The van der Waals surface area contributed by atoms with Gasteiger partial charge >= 0.3 is 0 Å². The second-order valence-electron chi connectivity index (χ2n) is 4.75. The largest absolute Gasteiger partial charge is 0.353 e. The molecular weight excluding hydrogens is 336 g/mol. The van der Waals surface area contributed by atoms with E-state index in [2.05, 4.69) is 15.0 Å². The molecule has 0 aromatic carbocycles. The van der Waals surface area contributed by atoms with Gasteiger partial charge in [0.25, 0.3) is 10.0 Å². The number of fused-ring (bicyclic) bond motifs is 1. The van der Waals surface area contributed by atoms with E-state index in [1.807, 2.05) is 0 Å². The van der Waals surface area contributed by atoms with Crippen molar-refractivity contribution in [2.24, 2.45) is 0 Å². The molecule has 1 fully saturated rings. The number of nitrogens with one attached hydrogen (secondary N) is 2. The Hall–Kier alpha value is -1.16. The second kappa shape index (κ2) is 5.56. The van der Waals surface area contributed by atoms with E-state index in [0.717, 1.165) is 12.8 Å². The topological polar surface area (TPSA) is 92.6 Å². The number of carbonyl (C=O) groups excluding carboxylic acids is 1. The maximum absolute atomic E-state index is 12.3. The third-order valence-corrected chi connectivity index (χ3v) is 5.64. The SMILES string of the molecule is O=C(CCNS(=O)(=O)c1c(Cl)nc2sccn12)NC1CC1. The quantitative estimate of drug-likeness (QED) is 0.814. The number of hydrogen-bond donors (Lipinski definition) is 2. The predicted octanol–water partition coefficient (Wildman–Crippen LogP) is 0.996. The van der Waals surface area contributed by atoms with E-state index in [1.165, 1.54) is 15.7 Å². The van der Waals surface area contributed by atoms with Crippen molar-refractivity contribution in [3.05, 3.63) is 16.7 Å². The van der Waals surface area contributed by atoms with Crippen LogP contribution in [0.3, 0.4) is 0 Å². The standard InChI is InChI=1S/C11H13ClN4O3S2/c12-9-10(16-5-6-20-11(16)15-9)21(18,19)13-4-3-8(17)14-7-1-2-7/h5-7,13H,1-4H2,(H,14,17). The number of sulfonamides is 1. The Labute approximate surface area is 130 Å². The summed E-state index contributed by atoms with van der Waals surface area (Å²) in [5, 5.41) is 4.35. The highest BCUT2D eigenvalue weighted by atomic mass is 35.5. The Balaban J connectivity index is 1.67. The summed E-state index contributed by atoms with van der Waals surface area (Å²) in [6, 6.07) is 0.267. The molecule has 0 atom stereocenters. The number of halogens is 1. The fourth-order valence-corrected chi connectivity index (χ4v) is 4.35. The van der Waals surface area contributed by atoms with Crippen molar-refractivity contribution < 1.29 is 13.2 Å². The van der Waals surface area contributed by atoms with Gasteiger partial charge < -0.3 is 5.32 Å². The average molecular weight is 349 g/mol. The molecule has 1 aliphatic carbocycles. The van der Waals surface area contributed by atoms with Crippen LogP contribution in [0.5, 0.6) is 0 Å². The van der Waals surface area contributed by atoms with Crippen molar-refractivity contribution in [3.8, 4) is 0 Å². The van der Waals surface area contributed by atoms with Gasteiger partial charge in [0.1, 0.15) is 0 Å². The van der Waals surface area contributed by atoms with E-state index in [4.69, 9.17) is 11.6 Å². The lowest BCUT2D eigenvalue weighted by Gasteiger charge is -2.06. The zero-order chi connectivity index (χ0) is 15.0. The molecule has 1 amide bonds. The van der Waals surface area contributed by atoms with Crippen molar-refractivity contribution in [2.45, 2.75) is 30.3 Å². The van der Waals surface area contributed by atoms with E-state index in [1.54, 1.807) is 11.6 Å². The lowest BCUT2D eigenvalue weighted by atomic mass is 10.4. The molecule has 0 saturated heterocycles. The summed E-state index contributed by atoms with van der Waals surface area (Å²) < 4.78 is 28.3. The number of hydrogen-bond acceptors (Lipinski definition) is 5. The lowest BCUT2D eigenvalue weighted by molar-refractivity contribution is -0.121. The Bertz CT molecular complexity index is 779. The molecule has 3 rings (SSSR count). The zero-order valence-corrected chi connectivity index (χ0v) is 13.3. The summed E-state index contributed by atoms with van der Waals surface area (Å²) >= 11 is 7.18. The van der Waals surface area contributed by atoms with Crippen LogP contribution in [0.15, 0.2) is 16.6 Å². The summed E-state index contributed by atoms with van der Waals surface area (Å²) in [5.74, 6) is -0.153. The fraction of sp³-hybridized carbons (Fsp3) is 0.455. The number of rotatable bonds is 6. The van der Waals surface area contributed by atoms with Crippen LogP contribution in [0.25, 0.3) is 4.96 Å². The van der Waals surface area contributed by atoms with Gasteiger partial charge in [0.15, 0.2) is 15.1 Å². The summed E-state index contributed by atoms with van der Waals surface area (Å²) in [5.41, 5.74) is 0. The maximum Gasteiger partial charge on any atom is 0.259 e. The van der Waals surface area contributed by atoms with Crippen LogP contribution in [-0.2, 0) is 14.8 Å². The smallest absolute Gasteiger partial charge is 0.259 e. The molecule has 1 saturated carbocycles. The lowest BCUT2D eigenvalue weighted by Crippen LogP contribution is -2.32. The van der Waals surface area contributed by atoms with Gasteiger partial charge in [0.2, 0.25) is 5.91 Å². The maximum atomic E-state index is 12.3. The molecule has 0 aliphatic heterocycles. The molecule has 0 bridgehead atoms. The van der Waals surface area contributed by atoms with E-state index in [0.29, 0.717) is 4.96 Å². The Morgan fingerprint density at radius 2 is 2.29 bits per heavy atom. The van der Waals surface area contributed by atoms with Crippen LogP contribution in [0, 0.1) is 0 Å². The van der Waals surface area contributed by atoms with Crippen LogP contribution in [0.1, 0.15) is 19.3 Å². The van der Waals surface area contributed by atoms with Crippen LogP contribution >= 0.6 is 22.9 Å². The molecule has 2 aromatic rings. The summed E-state index contributed by atoms with van der Waals surface area (Å²) in [6.45, 7) is 0.0224. The molecule has 10 heteroatoms. The van der Waals surface area contributed by atoms with Crippen molar-refractivity contribution in [3.63, 3.8) is 0 Å². The van der Waals surface area contributed by atoms with Crippen LogP contribution in [0.4, 0.5) is 0 Å². The Kier molecular flexibility index (Phi) is 3.91. The number of nitrogens with zero attached hydrogens (tertiary/aromatic N) is 2. The Morgan fingerprint density at radius 3 is 3.00 bits per heavy atom. The average Bonchev–Trinajstić information content (AvgIpc) is 2.97. The van der Waals surface area contributed by atoms with Crippen molar-refractivity contribution in [2.75, 3.05) is 6.54 Å². The minimum absolute atomic E-state index is 0.0224. The highest BCUT2D eigenvalue weighted by Gasteiger charge is 2.26. The number of aromatic nitrogens is 2. The molecule has 2 heterocycles. The van der Waals surface area contributed by atoms with Gasteiger partial charge in [-0.3, -0.25) is 9.20 Å². The van der Waals surface area contributed by atoms with Crippen molar-refractivity contribution in [1.29, 1.82) is 0 Å². The number of amides is 1. The van der Waals surface area contributed by atoms with Gasteiger partial charge in [-0.15, -0.1) is 11.3 Å². The Morgan fingerprint density at radius 1 is 1.52 bits per heavy atom. The number of thiazole rings is 1. The first-order valence-electron chi connectivity index (χ1n) is 6.37. The first-order valence-corrected chi connectivity index (χ1v) is 9.11. The van der Waals surface area contributed by atoms with Gasteiger partial charge in [-0.25, -0.2) is 18.1 Å². The summed E-state index contributed by atoms with van der Waals surface area (Å²) in [7, 11) is -3.81. The molecule has 0 radical (unpaired) electrons. The first-order chi connectivity index (χ1) is 9.97. The highest BCUT2D eigenvalue weighted by molar-refractivity contribution is 7.89. The second-order valence-corrected chi connectivity index (χ2v) is 7.67. The molecule has 0 unspecified atom stereocenters. The minimum Gasteiger partial charge on any atom is -0.353 e. The van der Waals surface area contributed by atoms with E-state index >= 15 is 0 Å². The van der Waals surface area contributed by atoms with E-state index < -0.39 is 10.0 Å². The van der Waals surface area contributed by atoms with Crippen LogP contribution in [0.2, 0.25) is 5.15 Å².